The highest BCUT2D eigenvalue weighted by atomic mass is 16.2. The molecule has 1 aliphatic carbocycles. The molecule has 3 rings (SSSR count). The molecule has 0 radical (unpaired) electrons. The second-order valence-corrected chi connectivity index (χ2v) is 6.87. The Labute approximate surface area is 141 Å². The number of hydrogen-bond acceptors (Lipinski definition) is 4. The number of hydrogen-bond donors (Lipinski definition) is 1. The van der Waals surface area contributed by atoms with Crippen LogP contribution in [0.5, 0.6) is 0 Å². The van der Waals surface area contributed by atoms with Crippen LogP contribution >= 0.6 is 0 Å². The van der Waals surface area contributed by atoms with Gasteiger partial charge in [0.05, 0.1) is 7.05 Å². The van der Waals surface area contributed by atoms with Crippen LogP contribution in [-0.2, 0) is 9.59 Å². The molecule has 3 atom stereocenters. The van der Waals surface area contributed by atoms with Gasteiger partial charge in [-0.25, -0.2) is 9.37 Å². The third kappa shape index (κ3) is 2.81. The first-order valence-electron chi connectivity index (χ1n) is 8.41. The molecule has 0 aromatic heterocycles. The van der Waals surface area contributed by atoms with Crippen molar-refractivity contribution < 1.29 is 19.0 Å². The van der Waals surface area contributed by atoms with Crippen molar-refractivity contribution in [2.24, 2.45) is 10.9 Å². The fourth-order valence-electron chi connectivity index (χ4n) is 3.62. The second kappa shape index (κ2) is 6.33. The van der Waals surface area contributed by atoms with Gasteiger partial charge < -0.3 is 5.32 Å². The van der Waals surface area contributed by atoms with Gasteiger partial charge in [-0.3, -0.25) is 19.4 Å². The molecular formula is C16H24N5O3+. The lowest BCUT2D eigenvalue weighted by molar-refractivity contribution is -0.500. The summed E-state index contributed by atoms with van der Waals surface area (Å²) in [6, 6.07) is -1.02. The molecule has 0 spiro atoms. The van der Waals surface area contributed by atoms with E-state index >= 15 is 0 Å². The lowest BCUT2D eigenvalue weighted by atomic mass is 9.86. The van der Waals surface area contributed by atoms with Gasteiger partial charge in [-0.15, -0.1) is 0 Å². The Bertz CT molecular complexity index is 642. The van der Waals surface area contributed by atoms with E-state index < -0.39 is 18.0 Å². The molecular weight excluding hydrogens is 310 g/mol. The van der Waals surface area contributed by atoms with E-state index in [4.69, 9.17) is 0 Å². The first-order valence-corrected chi connectivity index (χ1v) is 8.41. The monoisotopic (exact) mass is 334 g/mol. The minimum Gasteiger partial charge on any atom is -0.352 e. The van der Waals surface area contributed by atoms with E-state index in [1.165, 1.54) is 17.7 Å². The Hall–Kier alpha value is -2.25. The summed E-state index contributed by atoms with van der Waals surface area (Å²) in [4.78, 5) is 43.9. The largest absolute Gasteiger partial charge is 0.352 e. The van der Waals surface area contributed by atoms with Crippen LogP contribution in [0.4, 0.5) is 4.79 Å². The Balaban J connectivity index is 1.68. The van der Waals surface area contributed by atoms with Crippen LogP contribution < -0.4 is 5.32 Å². The van der Waals surface area contributed by atoms with Crippen molar-refractivity contribution >= 4 is 30.0 Å². The molecule has 1 N–H and O–H groups in total. The van der Waals surface area contributed by atoms with E-state index in [9.17, 15) is 14.4 Å². The number of imide groups is 1. The highest BCUT2D eigenvalue weighted by molar-refractivity contribution is 6.22. The number of rotatable bonds is 3. The molecule has 8 heteroatoms. The first-order chi connectivity index (χ1) is 11.4. The number of nitrogens with one attached hydrogen (secondary N) is 1. The standard InChI is InChI=1S/C16H23N5O3/c1-10-6-4-5-7-11(10)18-12(22)8-21-15(23)13-14(17-9-19(13)2)20(3)16(21)24/h9-11,13H,4-8H2,1-3H3/p+1. The number of amides is 4. The van der Waals surface area contributed by atoms with E-state index in [1.54, 1.807) is 18.7 Å². The van der Waals surface area contributed by atoms with Crippen LogP contribution in [0.15, 0.2) is 4.99 Å². The third-order valence-corrected chi connectivity index (χ3v) is 5.14. The average Bonchev–Trinajstić information content (AvgIpc) is 2.94. The zero-order chi connectivity index (χ0) is 17.4. The molecule has 1 saturated heterocycles. The number of likely N-dealkylation sites (N-methyl/N-ethyl adjacent to an activating group) is 2. The van der Waals surface area contributed by atoms with Crippen LogP contribution in [-0.4, -0.2) is 77.1 Å². The molecule has 2 fully saturated rings. The summed E-state index contributed by atoms with van der Waals surface area (Å²) in [6.45, 7) is 1.88. The van der Waals surface area contributed by atoms with Crippen LogP contribution in [0, 0.1) is 5.92 Å². The van der Waals surface area contributed by atoms with E-state index in [0.29, 0.717) is 11.8 Å². The summed E-state index contributed by atoms with van der Waals surface area (Å²) in [5.74, 6) is 0.145. The van der Waals surface area contributed by atoms with Gasteiger partial charge in [0.1, 0.15) is 6.54 Å². The Morgan fingerprint density at radius 1 is 1.38 bits per heavy atom. The molecule has 8 nitrogen and oxygen atoms in total. The summed E-state index contributed by atoms with van der Waals surface area (Å²) in [5.41, 5.74) is 0. The van der Waals surface area contributed by atoms with Gasteiger partial charge in [0.2, 0.25) is 5.91 Å². The molecule has 130 valence electrons. The van der Waals surface area contributed by atoms with Crippen molar-refractivity contribution in [3.63, 3.8) is 0 Å². The van der Waals surface area contributed by atoms with Crippen molar-refractivity contribution in [1.29, 1.82) is 0 Å². The Morgan fingerprint density at radius 2 is 2.08 bits per heavy atom. The predicted molar refractivity (Wildman–Crippen MR) is 87.9 cm³/mol. The molecule has 3 unspecified atom stereocenters. The maximum atomic E-state index is 12.6. The van der Waals surface area contributed by atoms with Crippen LogP contribution in [0.1, 0.15) is 32.6 Å². The van der Waals surface area contributed by atoms with Crippen LogP contribution in [0.2, 0.25) is 0 Å². The number of carbonyl (C=O) groups is 3. The smallest absolute Gasteiger partial charge is 0.334 e. The normalized spacial score (nSPS) is 30.0. The summed E-state index contributed by atoms with van der Waals surface area (Å²) in [7, 11) is 3.30. The lowest BCUT2D eigenvalue weighted by Crippen LogP contribution is -2.64. The number of urea groups is 1. The zero-order valence-corrected chi connectivity index (χ0v) is 14.4. The second-order valence-electron chi connectivity index (χ2n) is 6.87. The topological polar surface area (TPSA) is 85.1 Å². The maximum Gasteiger partial charge on any atom is 0.334 e. The molecule has 1 saturated carbocycles. The molecule has 3 aliphatic rings. The molecule has 24 heavy (non-hydrogen) atoms. The van der Waals surface area contributed by atoms with Crippen molar-refractivity contribution in [1.82, 2.24) is 15.1 Å². The summed E-state index contributed by atoms with van der Waals surface area (Å²) < 4.78 is 1.65. The molecule has 0 aromatic carbocycles. The summed E-state index contributed by atoms with van der Waals surface area (Å²) in [5, 5.41) is 2.99. The van der Waals surface area contributed by atoms with Gasteiger partial charge in [0.25, 0.3) is 24.1 Å². The van der Waals surface area contributed by atoms with Crippen molar-refractivity contribution in [3.05, 3.63) is 0 Å². The number of fused-ring (bicyclic) bond motifs is 1. The molecule has 4 amide bonds. The van der Waals surface area contributed by atoms with Crippen LogP contribution in [0.25, 0.3) is 0 Å². The van der Waals surface area contributed by atoms with Gasteiger partial charge in [0, 0.05) is 13.1 Å². The number of aliphatic imine (C=N–C) groups is 1. The Kier molecular flexibility index (Phi) is 4.38. The third-order valence-electron chi connectivity index (χ3n) is 5.14. The Morgan fingerprint density at radius 3 is 2.79 bits per heavy atom. The maximum absolute atomic E-state index is 12.6. The first kappa shape index (κ1) is 16.6. The number of carbonyl (C=O) groups excluding carboxylic acids is 3. The highest BCUT2D eigenvalue weighted by Crippen LogP contribution is 2.24. The molecule has 2 aliphatic heterocycles. The van der Waals surface area contributed by atoms with Gasteiger partial charge in [-0.1, -0.05) is 19.8 Å². The van der Waals surface area contributed by atoms with Gasteiger partial charge >= 0.3 is 6.03 Å². The molecule has 2 heterocycles. The molecule has 0 bridgehead atoms. The SMILES string of the molecule is CC1CCCCC1NC(=O)CN1C(=O)C2C(=NC=[N+]2C)N(C)C1=O. The van der Waals surface area contributed by atoms with Crippen molar-refractivity contribution in [2.75, 3.05) is 20.6 Å². The lowest BCUT2D eigenvalue weighted by Gasteiger charge is -2.33. The average molecular weight is 334 g/mol. The van der Waals surface area contributed by atoms with E-state index in [-0.39, 0.29) is 18.5 Å². The van der Waals surface area contributed by atoms with Crippen molar-refractivity contribution in [3.8, 4) is 0 Å². The van der Waals surface area contributed by atoms with Gasteiger partial charge in [-0.05, 0) is 23.8 Å². The van der Waals surface area contributed by atoms with Gasteiger partial charge in [-0.2, -0.15) is 0 Å². The minimum atomic E-state index is -0.630. The van der Waals surface area contributed by atoms with Crippen molar-refractivity contribution in [2.45, 2.75) is 44.7 Å². The van der Waals surface area contributed by atoms with E-state index in [1.807, 2.05) is 0 Å². The fraction of sp³-hybridized carbons (Fsp3) is 0.688. The number of nitrogens with zero attached hydrogens (tertiary/aromatic N) is 4. The zero-order valence-electron chi connectivity index (χ0n) is 14.4. The summed E-state index contributed by atoms with van der Waals surface area (Å²) in [6.07, 6.45) is 5.86. The van der Waals surface area contributed by atoms with Gasteiger partial charge in [0.15, 0.2) is 0 Å². The molecule has 0 aromatic rings. The number of amidine groups is 1. The van der Waals surface area contributed by atoms with E-state index in [2.05, 4.69) is 17.2 Å². The highest BCUT2D eigenvalue weighted by Gasteiger charge is 2.51. The quantitative estimate of drug-likeness (QED) is 0.739. The van der Waals surface area contributed by atoms with Crippen LogP contribution in [0.3, 0.4) is 0 Å². The summed E-state index contributed by atoms with van der Waals surface area (Å²) >= 11 is 0. The predicted octanol–water partition coefficient (Wildman–Crippen LogP) is 0.0266. The minimum absolute atomic E-state index is 0.124. The van der Waals surface area contributed by atoms with E-state index in [0.717, 1.165) is 24.2 Å². The fourth-order valence-corrected chi connectivity index (χ4v) is 3.62.